The van der Waals surface area contributed by atoms with Crippen LogP contribution in [-0.2, 0) is 9.53 Å². The highest BCUT2D eigenvalue weighted by Gasteiger charge is 2.20. The van der Waals surface area contributed by atoms with Gasteiger partial charge in [0.1, 0.15) is 10.6 Å². The van der Waals surface area contributed by atoms with Crippen molar-refractivity contribution in [1.29, 1.82) is 0 Å². The van der Waals surface area contributed by atoms with Crippen LogP contribution in [0.1, 0.15) is 22.4 Å². The molecular formula is C20H16N2O6S. The number of nitrogens with one attached hydrogen (secondary N) is 1. The van der Waals surface area contributed by atoms with Gasteiger partial charge in [-0.15, -0.1) is 11.3 Å². The van der Waals surface area contributed by atoms with Crippen LogP contribution in [0, 0.1) is 10.1 Å². The van der Waals surface area contributed by atoms with E-state index in [9.17, 15) is 19.7 Å². The van der Waals surface area contributed by atoms with Crippen LogP contribution in [-0.4, -0.2) is 23.4 Å². The van der Waals surface area contributed by atoms with Crippen molar-refractivity contribution in [3.05, 3.63) is 75.6 Å². The monoisotopic (exact) mass is 412 g/mol. The lowest BCUT2D eigenvalue weighted by molar-refractivity contribution is -0.384. The Hall–Kier alpha value is -3.72. The maximum Gasteiger partial charge on any atom is 0.350 e. The molecule has 0 atom stereocenters. The first-order valence-electron chi connectivity index (χ1n) is 8.56. The van der Waals surface area contributed by atoms with Gasteiger partial charge in [-0.1, -0.05) is 12.1 Å². The summed E-state index contributed by atoms with van der Waals surface area (Å²) in [6.07, 6.45) is 4.26. The average Bonchev–Trinajstić information content (AvgIpc) is 3.36. The van der Waals surface area contributed by atoms with E-state index in [-0.39, 0.29) is 22.9 Å². The van der Waals surface area contributed by atoms with Gasteiger partial charge in [0.15, 0.2) is 0 Å². The topological polar surface area (TPSA) is 112 Å². The molecule has 0 fully saturated rings. The highest BCUT2D eigenvalue weighted by Crippen LogP contribution is 2.36. The van der Waals surface area contributed by atoms with E-state index in [0.29, 0.717) is 16.2 Å². The number of non-ortho nitro benzene ring substituents is 1. The van der Waals surface area contributed by atoms with Crippen LogP contribution in [0.2, 0.25) is 0 Å². The molecule has 3 rings (SSSR count). The standard InChI is InChI=1S/C20H16N2O6S/c1-2-27-20(24)19-16(21-18(23)9-8-15-7-4-10-28-15)12-17(29-19)13-5-3-6-14(11-13)22(25)26/h3-12H,2H2,1H3,(H,21,23). The summed E-state index contributed by atoms with van der Waals surface area (Å²) >= 11 is 1.08. The maximum atomic E-state index is 12.3. The summed E-state index contributed by atoms with van der Waals surface area (Å²) in [5.74, 6) is -0.539. The van der Waals surface area contributed by atoms with Gasteiger partial charge < -0.3 is 14.5 Å². The molecule has 1 amide bonds. The van der Waals surface area contributed by atoms with Gasteiger partial charge in [-0.3, -0.25) is 14.9 Å². The molecule has 0 saturated heterocycles. The Balaban J connectivity index is 1.90. The number of thiophene rings is 1. The number of furan rings is 1. The summed E-state index contributed by atoms with van der Waals surface area (Å²) in [5.41, 5.74) is 0.756. The lowest BCUT2D eigenvalue weighted by Crippen LogP contribution is -2.11. The van der Waals surface area contributed by atoms with E-state index in [1.165, 1.54) is 30.5 Å². The number of carbonyl (C=O) groups excluding carboxylic acids is 2. The first kappa shape index (κ1) is 20.0. The van der Waals surface area contributed by atoms with Gasteiger partial charge in [0.05, 0.1) is 23.5 Å². The lowest BCUT2D eigenvalue weighted by Gasteiger charge is -2.03. The fourth-order valence-electron chi connectivity index (χ4n) is 2.47. The van der Waals surface area contributed by atoms with E-state index in [2.05, 4.69) is 5.32 Å². The number of nitro benzene ring substituents is 1. The Morgan fingerprint density at radius 3 is 2.79 bits per heavy atom. The second-order valence-corrected chi connectivity index (χ2v) is 6.77. The molecule has 29 heavy (non-hydrogen) atoms. The molecule has 2 aromatic heterocycles. The second kappa shape index (κ2) is 8.98. The van der Waals surface area contributed by atoms with Crippen LogP contribution < -0.4 is 5.32 Å². The van der Waals surface area contributed by atoms with E-state index in [1.807, 2.05) is 0 Å². The van der Waals surface area contributed by atoms with Crippen molar-refractivity contribution in [1.82, 2.24) is 0 Å². The zero-order valence-corrected chi connectivity index (χ0v) is 16.1. The Kier molecular flexibility index (Phi) is 6.20. The Morgan fingerprint density at radius 1 is 1.28 bits per heavy atom. The average molecular weight is 412 g/mol. The van der Waals surface area contributed by atoms with Crippen molar-refractivity contribution < 1.29 is 23.7 Å². The molecule has 3 aromatic rings. The molecule has 1 aromatic carbocycles. The third-order valence-corrected chi connectivity index (χ3v) is 4.90. The highest BCUT2D eigenvalue weighted by molar-refractivity contribution is 7.18. The number of ether oxygens (including phenoxy) is 1. The highest BCUT2D eigenvalue weighted by atomic mass is 32.1. The molecule has 9 heteroatoms. The van der Waals surface area contributed by atoms with E-state index >= 15 is 0 Å². The van der Waals surface area contributed by atoms with E-state index in [4.69, 9.17) is 9.15 Å². The van der Waals surface area contributed by atoms with Crippen LogP contribution in [0.25, 0.3) is 16.5 Å². The smallest absolute Gasteiger partial charge is 0.350 e. The van der Waals surface area contributed by atoms with Crippen molar-refractivity contribution in [2.45, 2.75) is 6.92 Å². The number of hydrogen-bond donors (Lipinski definition) is 1. The van der Waals surface area contributed by atoms with Gasteiger partial charge in [-0.2, -0.15) is 0 Å². The van der Waals surface area contributed by atoms with E-state index in [0.717, 1.165) is 11.3 Å². The molecule has 8 nitrogen and oxygen atoms in total. The first-order valence-corrected chi connectivity index (χ1v) is 9.38. The molecule has 148 valence electrons. The number of amides is 1. The maximum absolute atomic E-state index is 12.3. The lowest BCUT2D eigenvalue weighted by atomic mass is 10.1. The molecule has 0 radical (unpaired) electrons. The van der Waals surface area contributed by atoms with E-state index in [1.54, 1.807) is 37.3 Å². The van der Waals surface area contributed by atoms with Crippen LogP contribution >= 0.6 is 11.3 Å². The Labute approximate surface area is 169 Å². The summed E-state index contributed by atoms with van der Waals surface area (Å²) in [6, 6.07) is 11.0. The molecule has 0 saturated carbocycles. The summed E-state index contributed by atoms with van der Waals surface area (Å²) in [7, 11) is 0. The number of esters is 1. The predicted octanol–water partition coefficient (Wildman–Crippen LogP) is 4.74. The second-order valence-electron chi connectivity index (χ2n) is 5.72. The molecule has 0 aliphatic rings. The number of nitro groups is 1. The molecular weight excluding hydrogens is 396 g/mol. The normalized spacial score (nSPS) is 10.8. The van der Waals surface area contributed by atoms with Gasteiger partial charge in [-0.25, -0.2) is 4.79 Å². The summed E-state index contributed by atoms with van der Waals surface area (Å²) in [4.78, 5) is 35.9. The molecule has 1 N–H and O–H groups in total. The number of hydrogen-bond acceptors (Lipinski definition) is 7. The van der Waals surface area contributed by atoms with Gasteiger partial charge in [0, 0.05) is 23.1 Å². The van der Waals surface area contributed by atoms with Crippen molar-refractivity contribution in [3.8, 4) is 10.4 Å². The Bertz CT molecular complexity index is 1070. The minimum absolute atomic E-state index is 0.0689. The number of carbonyl (C=O) groups is 2. The van der Waals surface area contributed by atoms with Gasteiger partial charge in [-0.05, 0) is 36.8 Å². The number of nitrogens with zero attached hydrogens (tertiary/aromatic N) is 1. The summed E-state index contributed by atoms with van der Waals surface area (Å²) < 4.78 is 10.2. The Morgan fingerprint density at radius 2 is 2.10 bits per heavy atom. The van der Waals surface area contributed by atoms with Crippen LogP contribution in [0.4, 0.5) is 11.4 Å². The predicted molar refractivity (Wildman–Crippen MR) is 109 cm³/mol. The summed E-state index contributed by atoms with van der Waals surface area (Å²) in [6.45, 7) is 1.85. The van der Waals surface area contributed by atoms with Gasteiger partial charge in [0.25, 0.3) is 5.69 Å². The number of benzene rings is 1. The fourth-order valence-corrected chi connectivity index (χ4v) is 3.47. The van der Waals surface area contributed by atoms with Crippen molar-refractivity contribution in [3.63, 3.8) is 0 Å². The molecule has 2 heterocycles. The molecule has 0 spiro atoms. The summed E-state index contributed by atoms with van der Waals surface area (Å²) in [5, 5.41) is 13.7. The van der Waals surface area contributed by atoms with Gasteiger partial charge >= 0.3 is 5.97 Å². The number of rotatable bonds is 7. The van der Waals surface area contributed by atoms with Crippen LogP contribution in [0.3, 0.4) is 0 Å². The zero-order valence-electron chi connectivity index (χ0n) is 15.3. The van der Waals surface area contributed by atoms with Crippen molar-refractivity contribution >= 4 is 40.7 Å². The third kappa shape index (κ3) is 4.96. The fraction of sp³-hybridized carbons (Fsp3) is 0.100. The van der Waals surface area contributed by atoms with Crippen molar-refractivity contribution in [2.75, 3.05) is 11.9 Å². The SMILES string of the molecule is CCOC(=O)c1sc(-c2cccc([N+](=O)[O-])c2)cc1NC(=O)C=Cc1ccco1. The zero-order chi connectivity index (χ0) is 20.8. The quantitative estimate of drug-likeness (QED) is 0.259. The van der Waals surface area contributed by atoms with Gasteiger partial charge in [0.2, 0.25) is 5.91 Å². The third-order valence-electron chi connectivity index (χ3n) is 3.73. The minimum atomic E-state index is -0.584. The minimum Gasteiger partial charge on any atom is -0.465 e. The van der Waals surface area contributed by atoms with Crippen molar-refractivity contribution in [2.24, 2.45) is 0 Å². The first-order chi connectivity index (χ1) is 14.0. The molecule has 0 unspecified atom stereocenters. The molecule has 0 aliphatic heterocycles. The molecule has 0 aliphatic carbocycles. The van der Waals surface area contributed by atoms with Crippen LogP contribution in [0.5, 0.6) is 0 Å². The molecule has 0 bridgehead atoms. The van der Waals surface area contributed by atoms with Crippen LogP contribution in [0.15, 0.2) is 59.2 Å². The largest absolute Gasteiger partial charge is 0.465 e. The number of anilines is 1. The van der Waals surface area contributed by atoms with E-state index < -0.39 is 16.8 Å².